The van der Waals surface area contributed by atoms with Crippen molar-refractivity contribution in [3.05, 3.63) is 59.7 Å². The Labute approximate surface area is 159 Å². The van der Waals surface area contributed by atoms with Crippen molar-refractivity contribution in [3.63, 3.8) is 0 Å². The number of hydrogen-bond acceptors (Lipinski definition) is 4. The smallest absolute Gasteiger partial charge is 0.133 e. The van der Waals surface area contributed by atoms with E-state index < -0.39 is 11.6 Å². The summed E-state index contributed by atoms with van der Waals surface area (Å²) < 4.78 is 31.9. The zero-order valence-electron chi connectivity index (χ0n) is 15.8. The van der Waals surface area contributed by atoms with Gasteiger partial charge in [0.1, 0.15) is 23.1 Å². The van der Waals surface area contributed by atoms with Crippen molar-refractivity contribution in [2.24, 2.45) is 0 Å². The third kappa shape index (κ3) is 6.57. The average Bonchev–Trinajstić information content (AvgIpc) is 2.63. The van der Waals surface area contributed by atoms with Crippen LogP contribution < -0.4 is 10.1 Å². The molecule has 4 nitrogen and oxygen atoms in total. The number of piperazine rings is 1. The summed E-state index contributed by atoms with van der Waals surface area (Å²) in [6, 6.07) is 10.7. The van der Waals surface area contributed by atoms with Gasteiger partial charge in [0.05, 0.1) is 0 Å². The molecule has 2 aromatic rings. The molecule has 1 aliphatic rings. The van der Waals surface area contributed by atoms with Crippen molar-refractivity contribution in [2.75, 3.05) is 46.3 Å². The Balaban J connectivity index is 1.36. The number of hydrogen-bond donors (Lipinski definition) is 1. The van der Waals surface area contributed by atoms with E-state index in [9.17, 15) is 8.78 Å². The van der Waals surface area contributed by atoms with Gasteiger partial charge in [-0.2, -0.15) is 0 Å². The van der Waals surface area contributed by atoms with Crippen LogP contribution in [0.3, 0.4) is 0 Å². The van der Waals surface area contributed by atoms with E-state index in [1.165, 1.54) is 12.1 Å². The van der Waals surface area contributed by atoms with Crippen LogP contribution >= 0.6 is 0 Å². The number of ether oxygens (including phenoxy) is 1. The highest BCUT2D eigenvalue weighted by Gasteiger charge is 2.12. The van der Waals surface area contributed by atoms with Gasteiger partial charge in [0.2, 0.25) is 0 Å². The molecule has 0 aromatic heterocycles. The van der Waals surface area contributed by atoms with Crippen LogP contribution in [0.25, 0.3) is 0 Å². The highest BCUT2D eigenvalue weighted by Crippen LogP contribution is 2.23. The molecule has 27 heavy (non-hydrogen) atoms. The molecule has 0 saturated carbocycles. The largest absolute Gasteiger partial charge is 0.457 e. The minimum atomic E-state index is -0.651. The summed E-state index contributed by atoms with van der Waals surface area (Å²) in [5.74, 6) is -0.592. The van der Waals surface area contributed by atoms with Crippen LogP contribution in [0.4, 0.5) is 8.78 Å². The Morgan fingerprint density at radius 2 is 1.59 bits per heavy atom. The summed E-state index contributed by atoms with van der Waals surface area (Å²) in [7, 11) is 2.17. The van der Waals surface area contributed by atoms with Crippen LogP contribution in [0.1, 0.15) is 12.0 Å². The molecule has 1 saturated heterocycles. The van der Waals surface area contributed by atoms with Gasteiger partial charge >= 0.3 is 0 Å². The van der Waals surface area contributed by atoms with E-state index in [2.05, 4.69) is 22.2 Å². The second-order valence-corrected chi connectivity index (χ2v) is 7.03. The molecular weight excluding hydrogens is 348 g/mol. The van der Waals surface area contributed by atoms with Gasteiger partial charge in [-0.25, -0.2) is 8.78 Å². The van der Waals surface area contributed by atoms with Gasteiger partial charge in [0, 0.05) is 50.9 Å². The SMILES string of the molecule is CN1CCN(CCCNCc2ccc(Oc3cc(F)cc(F)c3)cc2)CC1. The maximum atomic E-state index is 13.2. The molecule has 0 spiro atoms. The first-order valence-electron chi connectivity index (χ1n) is 9.43. The molecule has 1 fully saturated rings. The fourth-order valence-electron chi connectivity index (χ4n) is 3.13. The molecule has 2 aromatic carbocycles. The van der Waals surface area contributed by atoms with Crippen molar-refractivity contribution in [1.82, 2.24) is 15.1 Å². The van der Waals surface area contributed by atoms with E-state index in [0.717, 1.165) is 63.9 Å². The molecule has 0 bridgehead atoms. The molecule has 1 N–H and O–H groups in total. The Hall–Kier alpha value is -2.02. The number of likely N-dealkylation sites (N-methyl/N-ethyl adjacent to an activating group) is 1. The van der Waals surface area contributed by atoms with Gasteiger partial charge < -0.3 is 19.9 Å². The summed E-state index contributed by atoms with van der Waals surface area (Å²) in [6.07, 6.45) is 1.13. The molecule has 1 heterocycles. The molecule has 6 heteroatoms. The van der Waals surface area contributed by atoms with Crippen LogP contribution in [0.5, 0.6) is 11.5 Å². The number of nitrogens with zero attached hydrogens (tertiary/aromatic N) is 2. The zero-order valence-corrected chi connectivity index (χ0v) is 15.8. The van der Waals surface area contributed by atoms with Crippen LogP contribution in [-0.2, 0) is 6.54 Å². The number of benzene rings is 2. The molecule has 0 radical (unpaired) electrons. The van der Waals surface area contributed by atoms with Crippen LogP contribution in [0, 0.1) is 11.6 Å². The van der Waals surface area contributed by atoms with Gasteiger partial charge in [-0.3, -0.25) is 0 Å². The highest BCUT2D eigenvalue weighted by atomic mass is 19.1. The second-order valence-electron chi connectivity index (χ2n) is 7.03. The summed E-state index contributed by atoms with van der Waals surface area (Å²) in [6.45, 7) is 7.54. The average molecular weight is 375 g/mol. The zero-order chi connectivity index (χ0) is 19.1. The fraction of sp³-hybridized carbons (Fsp3) is 0.429. The first kappa shape index (κ1) is 19.7. The van der Waals surface area contributed by atoms with Crippen LogP contribution in [-0.4, -0.2) is 56.1 Å². The fourth-order valence-corrected chi connectivity index (χ4v) is 3.13. The van der Waals surface area contributed by atoms with Gasteiger partial charge in [-0.05, 0) is 44.3 Å². The normalized spacial score (nSPS) is 15.8. The van der Waals surface area contributed by atoms with E-state index >= 15 is 0 Å². The predicted octanol–water partition coefficient (Wildman–Crippen LogP) is 3.48. The van der Waals surface area contributed by atoms with Gasteiger partial charge in [0.25, 0.3) is 0 Å². The first-order chi connectivity index (χ1) is 13.1. The maximum Gasteiger partial charge on any atom is 0.133 e. The Morgan fingerprint density at radius 3 is 2.26 bits per heavy atom. The van der Waals surface area contributed by atoms with Gasteiger partial charge in [-0.1, -0.05) is 12.1 Å². The van der Waals surface area contributed by atoms with Crippen LogP contribution in [0.15, 0.2) is 42.5 Å². The molecular formula is C21H27F2N3O. The van der Waals surface area contributed by atoms with E-state index in [4.69, 9.17) is 4.74 Å². The molecule has 3 rings (SSSR count). The predicted molar refractivity (Wildman–Crippen MR) is 103 cm³/mol. The van der Waals surface area contributed by atoms with Crippen molar-refractivity contribution in [3.8, 4) is 11.5 Å². The lowest BCUT2D eigenvalue weighted by Gasteiger charge is -2.32. The lowest BCUT2D eigenvalue weighted by atomic mass is 10.2. The Bertz CT molecular complexity index is 696. The van der Waals surface area contributed by atoms with Crippen molar-refractivity contribution in [1.29, 1.82) is 0 Å². The summed E-state index contributed by atoms with van der Waals surface area (Å²) in [4.78, 5) is 4.88. The van der Waals surface area contributed by atoms with E-state index in [1.54, 1.807) is 0 Å². The standard InChI is InChI=1S/C21H27F2N3O/c1-25-9-11-26(12-10-25)8-2-7-24-16-17-3-5-20(6-4-17)27-21-14-18(22)13-19(23)15-21/h3-6,13-15,24H,2,7-12,16H2,1H3. The second kappa shape index (κ2) is 9.78. The molecule has 0 amide bonds. The van der Waals surface area contributed by atoms with Crippen molar-refractivity contribution < 1.29 is 13.5 Å². The monoisotopic (exact) mass is 375 g/mol. The van der Waals surface area contributed by atoms with Crippen molar-refractivity contribution >= 4 is 0 Å². The Morgan fingerprint density at radius 1 is 0.926 bits per heavy atom. The molecule has 0 atom stereocenters. The van der Waals surface area contributed by atoms with E-state index in [0.29, 0.717) is 5.75 Å². The van der Waals surface area contributed by atoms with Crippen LogP contribution in [0.2, 0.25) is 0 Å². The summed E-state index contributed by atoms with van der Waals surface area (Å²) in [5.41, 5.74) is 1.15. The Kier molecular flexibility index (Phi) is 7.15. The third-order valence-electron chi connectivity index (χ3n) is 4.75. The van der Waals surface area contributed by atoms with E-state index in [1.807, 2.05) is 24.3 Å². The lowest BCUT2D eigenvalue weighted by Crippen LogP contribution is -2.45. The molecule has 0 aliphatic carbocycles. The topological polar surface area (TPSA) is 27.7 Å². The van der Waals surface area contributed by atoms with Gasteiger partial charge in [0.15, 0.2) is 0 Å². The number of nitrogens with one attached hydrogen (secondary N) is 1. The molecule has 0 unspecified atom stereocenters. The summed E-state index contributed by atoms with van der Waals surface area (Å²) >= 11 is 0. The molecule has 146 valence electrons. The van der Waals surface area contributed by atoms with E-state index in [-0.39, 0.29) is 5.75 Å². The number of halogens is 2. The highest BCUT2D eigenvalue weighted by molar-refractivity contribution is 5.33. The van der Waals surface area contributed by atoms with Gasteiger partial charge in [-0.15, -0.1) is 0 Å². The number of rotatable bonds is 8. The summed E-state index contributed by atoms with van der Waals surface area (Å²) in [5, 5.41) is 3.46. The minimum absolute atomic E-state index is 0.155. The lowest BCUT2D eigenvalue weighted by molar-refractivity contribution is 0.153. The molecule has 1 aliphatic heterocycles. The quantitative estimate of drug-likeness (QED) is 0.715. The third-order valence-corrected chi connectivity index (χ3v) is 4.75. The maximum absolute atomic E-state index is 13.2. The minimum Gasteiger partial charge on any atom is -0.457 e. The van der Waals surface area contributed by atoms with Crippen molar-refractivity contribution in [2.45, 2.75) is 13.0 Å². The first-order valence-corrected chi connectivity index (χ1v) is 9.43.